The molecule has 0 radical (unpaired) electrons. The predicted molar refractivity (Wildman–Crippen MR) is 84.7 cm³/mol. The van der Waals surface area contributed by atoms with Gasteiger partial charge in [-0.15, -0.1) is 10.2 Å². The number of carbonyl (C=O) groups is 1. The lowest BCUT2D eigenvalue weighted by atomic mass is 9.97. The lowest BCUT2D eigenvalue weighted by molar-refractivity contribution is 0.176. The Labute approximate surface area is 136 Å². The van der Waals surface area contributed by atoms with Crippen LogP contribution in [0.25, 0.3) is 0 Å². The van der Waals surface area contributed by atoms with Gasteiger partial charge in [-0.3, -0.25) is 0 Å². The maximum atomic E-state index is 12.3. The van der Waals surface area contributed by atoms with Gasteiger partial charge in [0.1, 0.15) is 12.2 Å². The molecule has 2 atom stereocenters. The summed E-state index contributed by atoms with van der Waals surface area (Å²) < 4.78 is 24.8. The van der Waals surface area contributed by atoms with Gasteiger partial charge in [-0.2, -0.15) is 0 Å². The summed E-state index contributed by atoms with van der Waals surface area (Å²) in [6.45, 7) is 1.79. The molecule has 8 nitrogen and oxygen atoms in total. The standard InChI is InChI=1S/C14H23N5O3S/c1-18-10-16-17-13(18)12-3-2-5-19(8-12)14(20)15-7-11-4-6-23(21,22)9-11/h10-12H,2-9H2,1H3,(H,15,20)/t11-,12-/m0/s1. The van der Waals surface area contributed by atoms with Crippen LogP contribution >= 0.6 is 0 Å². The van der Waals surface area contributed by atoms with Gasteiger partial charge < -0.3 is 14.8 Å². The van der Waals surface area contributed by atoms with E-state index in [-0.39, 0.29) is 29.4 Å². The van der Waals surface area contributed by atoms with E-state index in [1.807, 2.05) is 11.6 Å². The van der Waals surface area contributed by atoms with E-state index in [1.165, 1.54) is 0 Å². The molecule has 3 rings (SSSR count). The monoisotopic (exact) mass is 341 g/mol. The molecule has 23 heavy (non-hydrogen) atoms. The molecule has 0 bridgehead atoms. The second kappa shape index (κ2) is 6.46. The van der Waals surface area contributed by atoms with Gasteiger partial charge in [-0.1, -0.05) is 0 Å². The van der Waals surface area contributed by atoms with Crippen molar-refractivity contribution in [3.05, 3.63) is 12.2 Å². The summed E-state index contributed by atoms with van der Waals surface area (Å²) in [5.74, 6) is 1.59. The number of urea groups is 1. The smallest absolute Gasteiger partial charge is 0.317 e. The molecule has 1 aromatic heterocycles. The normalized spacial score (nSPS) is 27.1. The van der Waals surface area contributed by atoms with Crippen molar-refractivity contribution in [2.45, 2.75) is 25.2 Å². The first-order valence-electron chi connectivity index (χ1n) is 8.02. The summed E-state index contributed by atoms with van der Waals surface area (Å²) in [5.41, 5.74) is 0. The SMILES string of the molecule is Cn1cnnc1[C@H]1CCCN(C(=O)NC[C@@H]2CCS(=O)(=O)C2)C1. The van der Waals surface area contributed by atoms with Crippen molar-refractivity contribution in [3.8, 4) is 0 Å². The van der Waals surface area contributed by atoms with Gasteiger partial charge in [0.05, 0.1) is 11.5 Å². The third-order valence-corrected chi connectivity index (χ3v) is 6.53. The molecule has 128 valence electrons. The minimum absolute atomic E-state index is 0.0447. The Bertz CT molecular complexity index is 672. The first-order valence-corrected chi connectivity index (χ1v) is 9.84. The van der Waals surface area contributed by atoms with Crippen LogP contribution in [0.3, 0.4) is 0 Å². The lowest BCUT2D eigenvalue weighted by Crippen LogP contribution is -2.46. The number of amides is 2. The van der Waals surface area contributed by atoms with Crippen LogP contribution in [-0.4, -0.2) is 65.3 Å². The van der Waals surface area contributed by atoms with Crippen molar-refractivity contribution < 1.29 is 13.2 Å². The largest absolute Gasteiger partial charge is 0.338 e. The van der Waals surface area contributed by atoms with Gasteiger partial charge in [0.2, 0.25) is 0 Å². The molecular weight excluding hydrogens is 318 g/mol. The van der Waals surface area contributed by atoms with E-state index in [2.05, 4.69) is 15.5 Å². The number of piperidine rings is 1. The first kappa shape index (κ1) is 16.2. The molecule has 0 aromatic carbocycles. The van der Waals surface area contributed by atoms with Crippen LogP contribution in [0.4, 0.5) is 4.79 Å². The number of sulfone groups is 1. The Hall–Kier alpha value is -1.64. The molecular formula is C14H23N5O3S. The van der Waals surface area contributed by atoms with E-state index in [1.54, 1.807) is 11.2 Å². The van der Waals surface area contributed by atoms with Crippen molar-refractivity contribution in [3.63, 3.8) is 0 Å². The maximum absolute atomic E-state index is 12.3. The van der Waals surface area contributed by atoms with Gasteiger partial charge in [-0.05, 0) is 25.2 Å². The summed E-state index contributed by atoms with van der Waals surface area (Å²) in [4.78, 5) is 14.1. The molecule has 3 heterocycles. The fraction of sp³-hybridized carbons (Fsp3) is 0.786. The molecule has 2 fully saturated rings. The summed E-state index contributed by atoms with van der Waals surface area (Å²) in [5, 5.41) is 10.9. The number of hydrogen-bond donors (Lipinski definition) is 1. The number of rotatable bonds is 3. The van der Waals surface area contributed by atoms with Crippen LogP contribution in [0.5, 0.6) is 0 Å². The van der Waals surface area contributed by atoms with Gasteiger partial charge >= 0.3 is 6.03 Å². The molecule has 0 spiro atoms. The summed E-state index contributed by atoms with van der Waals surface area (Å²) in [6, 6.07) is -0.110. The average molecular weight is 341 g/mol. The van der Waals surface area contributed by atoms with Gasteiger partial charge in [-0.25, -0.2) is 13.2 Å². The molecule has 9 heteroatoms. The Kier molecular flexibility index (Phi) is 4.56. The number of hydrogen-bond acceptors (Lipinski definition) is 5. The highest BCUT2D eigenvalue weighted by Gasteiger charge is 2.30. The van der Waals surface area contributed by atoms with Gasteiger partial charge in [0.15, 0.2) is 9.84 Å². The Morgan fingerprint density at radius 3 is 2.91 bits per heavy atom. The van der Waals surface area contributed by atoms with Crippen molar-refractivity contribution >= 4 is 15.9 Å². The van der Waals surface area contributed by atoms with Crippen LogP contribution in [0.2, 0.25) is 0 Å². The first-order chi connectivity index (χ1) is 10.9. The Morgan fingerprint density at radius 2 is 2.26 bits per heavy atom. The Balaban J connectivity index is 1.52. The molecule has 0 aliphatic carbocycles. The number of aromatic nitrogens is 3. The number of likely N-dealkylation sites (tertiary alicyclic amines) is 1. The highest BCUT2D eigenvalue weighted by molar-refractivity contribution is 7.91. The summed E-state index contributed by atoms with van der Waals surface area (Å²) in [7, 11) is -0.983. The van der Waals surface area contributed by atoms with Crippen LogP contribution in [0, 0.1) is 5.92 Å². The van der Waals surface area contributed by atoms with Crippen LogP contribution in [0.15, 0.2) is 6.33 Å². The third-order valence-electron chi connectivity index (χ3n) is 4.69. The lowest BCUT2D eigenvalue weighted by Gasteiger charge is -2.32. The molecule has 1 N–H and O–H groups in total. The van der Waals surface area contributed by atoms with Gasteiger partial charge in [0.25, 0.3) is 0 Å². The molecule has 2 amide bonds. The molecule has 1 aromatic rings. The fourth-order valence-electron chi connectivity index (χ4n) is 3.41. The predicted octanol–water partition coefficient (Wildman–Crippen LogP) is 0.139. The molecule has 0 saturated carbocycles. The minimum atomic E-state index is -2.89. The zero-order chi connectivity index (χ0) is 16.4. The quantitative estimate of drug-likeness (QED) is 0.843. The van der Waals surface area contributed by atoms with Crippen molar-refractivity contribution in [2.75, 3.05) is 31.1 Å². The fourth-order valence-corrected chi connectivity index (χ4v) is 5.27. The number of aryl methyl sites for hydroxylation is 1. The van der Waals surface area contributed by atoms with E-state index in [0.29, 0.717) is 19.5 Å². The maximum Gasteiger partial charge on any atom is 0.317 e. The highest BCUT2D eigenvalue weighted by atomic mass is 32.2. The van der Waals surface area contributed by atoms with Crippen molar-refractivity contribution in [2.24, 2.45) is 13.0 Å². The van der Waals surface area contributed by atoms with Gasteiger partial charge in [0, 0.05) is 32.6 Å². The molecule has 0 unspecified atom stereocenters. The van der Waals surface area contributed by atoms with Crippen molar-refractivity contribution in [1.82, 2.24) is 25.0 Å². The zero-order valence-electron chi connectivity index (χ0n) is 13.3. The number of carbonyl (C=O) groups excluding carboxylic acids is 1. The Morgan fingerprint density at radius 1 is 1.43 bits per heavy atom. The second-order valence-corrected chi connectivity index (χ2v) is 8.77. The van der Waals surface area contributed by atoms with Crippen LogP contribution in [-0.2, 0) is 16.9 Å². The highest BCUT2D eigenvalue weighted by Crippen LogP contribution is 2.25. The molecule has 2 aliphatic heterocycles. The average Bonchev–Trinajstić information content (AvgIpc) is 3.10. The zero-order valence-corrected chi connectivity index (χ0v) is 14.1. The number of nitrogens with zero attached hydrogens (tertiary/aromatic N) is 4. The topological polar surface area (TPSA) is 97.2 Å². The van der Waals surface area contributed by atoms with Crippen LogP contribution in [0.1, 0.15) is 31.0 Å². The van der Waals surface area contributed by atoms with Crippen molar-refractivity contribution in [1.29, 1.82) is 0 Å². The summed E-state index contributed by atoms with van der Waals surface area (Å²) >= 11 is 0. The number of nitrogens with one attached hydrogen (secondary N) is 1. The molecule has 2 aliphatic rings. The van der Waals surface area contributed by atoms with Crippen LogP contribution < -0.4 is 5.32 Å². The van der Waals surface area contributed by atoms with E-state index < -0.39 is 9.84 Å². The minimum Gasteiger partial charge on any atom is -0.338 e. The summed E-state index contributed by atoms with van der Waals surface area (Å²) in [6.07, 6.45) is 4.25. The van der Waals surface area contributed by atoms with E-state index in [0.717, 1.165) is 25.2 Å². The van der Waals surface area contributed by atoms with E-state index >= 15 is 0 Å². The van der Waals surface area contributed by atoms with E-state index in [4.69, 9.17) is 0 Å². The second-order valence-electron chi connectivity index (χ2n) is 6.54. The third kappa shape index (κ3) is 3.82. The molecule has 2 saturated heterocycles. The van der Waals surface area contributed by atoms with E-state index in [9.17, 15) is 13.2 Å².